The Bertz CT molecular complexity index is 2830. The highest BCUT2D eigenvalue weighted by atomic mass is 31.2. The number of hydrogen-bond acceptors (Lipinski definition) is 14. The number of hydrogen-bond donors (Lipinski definition) is 4. The maximum Gasteiger partial charge on any atom is 0.472 e. The van der Waals surface area contributed by atoms with Crippen LogP contribution in [0, 0.1) is 0 Å². The summed E-state index contributed by atoms with van der Waals surface area (Å²) in [6, 6.07) is 0. The van der Waals surface area contributed by atoms with E-state index in [0.29, 0.717) is 19.3 Å². The van der Waals surface area contributed by atoms with E-state index in [1.54, 1.807) is 0 Å². The van der Waals surface area contributed by atoms with Crippen molar-refractivity contribution in [1.29, 1.82) is 0 Å². The van der Waals surface area contributed by atoms with Crippen LogP contribution in [0.5, 0.6) is 0 Å². The summed E-state index contributed by atoms with van der Waals surface area (Å²) in [5, 5.41) is 20.7. The van der Waals surface area contributed by atoms with Gasteiger partial charge in [-0.3, -0.25) is 32.5 Å². The maximum absolute atomic E-state index is 13.1. The summed E-state index contributed by atoms with van der Waals surface area (Å²) in [7, 11) is -9.82. The van der Waals surface area contributed by atoms with Crippen molar-refractivity contribution in [2.75, 3.05) is 39.6 Å². The fourth-order valence-corrected chi connectivity index (χ4v) is 12.9. The molecule has 0 aromatic rings. The number of aliphatic hydroxyl groups is 2. The molecule has 0 aliphatic rings. The lowest BCUT2D eigenvalue weighted by Crippen LogP contribution is -2.30. The van der Waals surface area contributed by atoms with E-state index in [2.05, 4.69) is 215 Å². The molecule has 0 fully saturated rings. The van der Waals surface area contributed by atoms with Crippen molar-refractivity contribution in [3.63, 3.8) is 0 Å². The third-order valence-corrected chi connectivity index (χ3v) is 19.7. The van der Waals surface area contributed by atoms with E-state index >= 15 is 0 Å². The van der Waals surface area contributed by atoms with Gasteiger partial charge in [0.2, 0.25) is 0 Å². The van der Waals surface area contributed by atoms with Crippen molar-refractivity contribution in [3.05, 3.63) is 194 Å². The van der Waals surface area contributed by atoms with Gasteiger partial charge in [-0.25, -0.2) is 9.13 Å². The Morgan fingerprint density at radius 1 is 0.248 bits per heavy atom. The van der Waals surface area contributed by atoms with Crippen LogP contribution in [-0.2, 0) is 55.8 Å². The summed E-state index contributed by atoms with van der Waals surface area (Å²) in [5.74, 6) is -1.60. The Balaban J connectivity index is 4.71. The third-order valence-electron chi connectivity index (χ3n) is 17.8. The van der Waals surface area contributed by atoms with Gasteiger partial charge < -0.3 is 34.2 Å². The number of ether oxygens (including phenoxy) is 3. The Labute approximate surface area is 687 Å². The summed E-state index contributed by atoms with van der Waals surface area (Å²) in [5.41, 5.74) is 0. The molecule has 5 unspecified atom stereocenters. The van der Waals surface area contributed by atoms with E-state index in [1.165, 1.54) is 57.8 Å². The van der Waals surface area contributed by atoms with Gasteiger partial charge >= 0.3 is 33.6 Å². The smallest absolute Gasteiger partial charge is 0.463 e. The zero-order valence-corrected chi connectivity index (χ0v) is 72.3. The highest BCUT2D eigenvalue weighted by molar-refractivity contribution is 7.47. The van der Waals surface area contributed by atoms with Crippen LogP contribution in [-0.4, -0.2) is 95.9 Å². The molecule has 0 amide bonds. The van der Waals surface area contributed by atoms with Crippen LogP contribution in [0.25, 0.3) is 0 Å². The number of unbranched alkanes of at least 4 members (excludes halogenated alkanes) is 26. The van der Waals surface area contributed by atoms with Crippen molar-refractivity contribution in [3.8, 4) is 0 Å². The minimum Gasteiger partial charge on any atom is -0.463 e. The van der Waals surface area contributed by atoms with E-state index < -0.39 is 91.5 Å². The number of carbonyl (C=O) groups is 3. The zero-order valence-electron chi connectivity index (χ0n) is 70.5. The monoisotopic (exact) mass is 1620 g/mol. The summed E-state index contributed by atoms with van der Waals surface area (Å²) < 4.78 is 61.4. The van der Waals surface area contributed by atoms with Crippen molar-refractivity contribution >= 4 is 33.6 Å². The predicted octanol–water partition coefficient (Wildman–Crippen LogP) is 26.7. The first-order chi connectivity index (χ1) is 55.2. The highest BCUT2D eigenvalue weighted by Gasteiger charge is 2.29. The first kappa shape index (κ1) is 107. The molecule has 0 saturated carbocycles. The Morgan fingerprint density at radius 3 is 0.699 bits per heavy atom. The normalized spacial score (nSPS) is 14.8. The minimum atomic E-state index is -4.95. The first-order valence-electron chi connectivity index (χ1n) is 43.7. The fraction of sp³-hybridized carbons (Fsp3) is 0.632. The largest absolute Gasteiger partial charge is 0.472 e. The lowest BCUT2D eigenvalue weighted by molar-refractivity contribution is -0.161. The van der Waals surface area contributed by atoms with E-state index in [9.17, 15) is 43.5 Å². The topological polar surface area (TPSA) is 231 Å². The van der Waals surface area contributed by atoms with E-state index in [0.717, 1.165) is 212 Å². The van der Waals surface area contributed by atoms with Crippen LogP contribution in [0.3, 0.4) is 0 Å². The van der Waals surface area contributed by atoms with Gasteiger partial charge in [-0.1, -0.05) is 344 Å². The molecule has 0 radical (unpaired) electrons. The average Bonchev–Trinajstić information content (AvgIpc) is 0.915. The Kier molecular flexibility index (Phi) is 81.5. The molecule has 0 aromatic carbocycles. The molecule has 0 spiro atoms. The second-order valence-corrected chi connectivity index (χ2v) is 31.5. The molecular formula is C95H156O16P2. The van der Waals surface area contributed by atoms with E-state index in [1.807, 2.05) is 0 Å². The van der Waals surface area contributed by atoms with Crippen molar-refractivity contribution in [2.24, 2.45) is 0 Å². The standard InChI is InChI=1S/C95H156O16P2/c1-4-7-10-13-16-19-22-25-28-31-34-37-40-42-44-46-49-51-54-57-60-63-66-69-72-75-78-81-93(98)105-84-90(96)85-107-112(101,102)108-86-91(97)87-109-113(103,104)110-89-92(111-95(100)83-80-77-74-71-68-65-62-59-56-53-48-39-36-33-30-27-24-21-18-15-12-9-6-3)88-106-94(99)82-79-76-73-70-67-64-61-58-55-52-50-47-45-43-41-38-35-32-29-26-23-20-17-14-11-8-5-2/h7-12,16-21,25-30,34-39,42-45,49,51,53,56,90-92,96-97H,4-6,13-15,22-24,31-33,40-41,46-48,50,52,54-55,57-89H2,1-3H3,(H,101,102)(H,103,104)/b10-7-,11-8-,12-9-,19-16-,20-17-,21-18-,28-25-,29-26-,30-27-,37-34-,38-35-,39-36-,44-42-,45-43-,51-49-,56-53-. The summed E-state index contributed by atoms with van der Waals surface area (Å²) in [4.78, 5) is 59.0. The van der Waals surface area contributed by atoms with Gasteiger partial charge in [0, 0.05) is 19.3 Å². The van der Waals surface area contributed by atoms with Crippen LogP contribution in [0.4, 0.5) is 0 Å². The van der Waals surface area contributed by atoms with Crippen LogP contribution in [0.1, 0.15) is 329 Å². The van der Waals surface area contributed by atoms with Crippen LogP contribution >= 0.6 is 15.6 Å². The van der Waals surface area contributed by atoms with Gasteiger partial charge in [-0.15, -0.1) is 0 Å². The third kappa shape index (κ3) is 87.1. The highest BCUT2D eigenvalue weighted by Crippen LogP contribution is 2.45. The molecule has 0 aromatic heterocycles. The lowest BCUT2D eigenvalue weighted by Gasteiger charge is -2.21. The molecule has 0 rings (SSSR count). The molecular weight excluding hydrogens is 1460 g/mol. The van der Waals surface area contributed by atoms with E-state index in [4.69, 9.17) is 32.3 Å². The minimum absolute atomic E-state index is 0.0839. The first-order valence-corrected chi connectivity index (χ1v) is 46.7. The van der Waals surface area contributed by atoms with Gasteiger partial charge in [-0.2, -0.15) is 0 Å². The number of esters is 3. The molecule has 5 atom stereocenters. The summed E-state index contributed by atoms with van der Waals surface area (Å²) in [6.45, 7) is 2.33. The molecule has 18 heteroatoms. The average molecular weight is 1620 g/mol. The van der Waals surface area contributed by atoms with Gasteiger partial charge in [-0.05, 0) is 161 Å². The molecule has 113 heavy (non-hydrogen) atoms. The van der Waals surface area contributed by atoms with Crippen LogP contribution in [0.15, 0.2) is 194 Å². The number of carbonyl (C=O) groups excluding carboxylic acids is 3. The predicted molar refractivity (Wildman–Crippen MR) is 472 cm³/mol. The van der Waals surface area contributed by atoms with Crippen LogP contribution in [0.2, 0.25) is 0 Å². The van der Waals surface area contributed by atoms with Crippen molar-refractivity contribution < 1.29 is 75.8 Å². The number of aliphatic hydroxyl groups excluding tert-OH is 2. The van der Waals surface area contributed by atoms with E-state index in [-0.39, 0.29) is 19.3 Å². The zero-order chi connectivity index (χ0) is 82.2. The Morgan fingerprint density at radius 2 is 0.442 bits per heavy atom. The molecule has 0 saturated heterocycles. The number of phosphoric ester groups is 2. The molecule has 642 valence electrons. The van der Waals surface area contributed by atoms with Gasteiger partial charge in [0.25, 0.3) is 0 Å². The fourth-order valence-electron chi connectivity index (χ4n) is 11.3. The second-order valence-electron chi connectivity index (χ2n) is 28.5. The van der Waals surface area contributed by atoms with Gasteiger partial charge in [0.05, 0.1) is 26.4 Å². The second kappa shape index (κ2) is 85.8. The number of allylic oxidation sites excluding steroid dienone is 32. The summed E-state index contributed by atoms with van der Waals surface area (Å²) >= 11 is 0. The summed E-state index contributed by atoms with van der Waals surface area (Å²) in [6.07, 6.45) is 113. The molecule has 0 bridgehead atoms. The van der Waals surface area contributed by atoms with Gasteiger partial charge in [0.1, 0.15) is 25.4 Å². The molecule has 4 N–H and O–H groups in total. The molecule has 16 nitrogen and oxygen atoms in total. The van der Waals surface area contributed by atoms with Crippen LogP contribution < -0.4 is 0 Å². The lowest BCUT2D eigenvalue weighted by atomic mass is 10.0. The quantitative estimate of drug-likeness (QED) is 0.0146. The van der Waals surface area contributed by atoms with Crippen molar-refractivity contribution in [1.82, 2.24) is 0 Å². The SMILES string of the molecule is CC/C=C\C/C=C\C/C=C\C/C=C\C/C=C\C/C=C\CCCCCCCCCCC(=O)OCC(O)COP(=O)(O)OCC(O)COP(=O)(O)OCC(COC(=O)CCCCCCCCCCCCC/C=C\C/C=C\C/C=C\C/C=C\C/C=C\CC)OC(=O)CCCCCCCCC/C=C\C/C=C\C/C=C\C/C=C\C/C=C\CC. The number of phosphoric acid groups is 2. The maximum atomic E-state index is 13.1. The Hall–Kier alpha value is -5.61. The van der Waals surface area contributed by atoms with Crippen molar-refractivity contribution in [2.45, 2.75) is 347 Å². The molecule has 0 heterocycles. The molecule has 0 aliphatic heterocycles. The van der Waals surface area contributed by atoms with Gasteiger partial charge in [0.15, 0.2) is 6.10 Å². The number of rotatable bonds is 81. The molecule has 0 aliphatic carbocycles.